The van der Waals surface area contributed by atoms with E-state index in [1.165, 1.54) is 0 Å². The number of carboxylic acids is 1. The van der Waals surface area contributed by atoms with Crippen LogP contribution >= 0.6 is 15.9 Å². The number of alkyl halides is 1. The smallest absolute Gasteiger partial charge is 0.320 e. The van der Waals surface area contributed by atoms with Crippen LogP contribution in [0.25, 0.3) is 0 Å². The van der Waals surface area contributed by atoms with Gasteiger partial charge in [0.15, 0.2) is 0 Å². The van der Waals surface area contributed by atoms with Crippen LogP contribution < -0.4 is 5.32 Å². The fraction of sp³-hybridized carbons (Fsp3) is 0.833. The van der Waals surface area contributed by atoms with Crippen LogP contribution in [0, 0.1) is 0 Å². The molecule has 0 bridgehead atoms. The van der Waals surface area contributed by atoms with Crippen molar-refractivity contribution in [2.45, 2.75) is 19.4 Å². The first kappa shape index (κ1) is 9.91. The van der Waals surface area contributed by atoms with E-state index in [1.807, 2.05) is 0 Å². The maximum atomic E-state index is 10.2. The van der Waals surface area contributed by atoms with Gasteiger partial charge in [0.05, 0.1) is 0 Å². The molecular formula is C6H12BrNO2. The van der Waals surface area contributed by atoms with Gasteiger partial charge >= 0.3 is 5.97 Å². The van der Waals surface area contributed by atoms with Gasteiger partial charge in [0, 0.05) is 5.33 Å². The minimum atomic E-state index is -0.797. The SMILES string of the molecule is CC(NCCCBr)C(=O)O. The summed E-state index contributed by atoms with van der Waals surface area (Å²) in [7, 11) is 0. The Kier molecular flexibility index (Phi) is 5.63. The first-order valence-electron chi connectivity index (χ1n) is 3.20. The molecule has 0 rings (SSSR count). The van der Waals surface area contributed by atoms with E-state index in [1.54, 1.807) is 6.92 Å². The summed E-state index contributed by atoms with van der Waals surface area (Å²) in [4.78, 5) is 10.2. The number of nitrogens with one attached hydrogen (secondary N) is 1. The van der Waals surface area contributed by atoms with Gasteiger partial charge < -0.3 is 10.4 Å². The second-order valence-corrected chi connectivity index (χ2v) is 2.85. The van der Waals surface area contributed by atoms with E-state index in [4.69, 9.17) is 5.11 Å². The molecule has 0 radical (unpaired) electrons. The Hall–Kier alpha value is -0.0900. The summed E-state index contributed by atoms with van der Waals surface area (Å²) in [6.07, 6.45) is 0.956. The number of hydrogen-bond donors (Lipinski definition) is 2. The largest absolute Gasteiger partial charge is 0.480 e. The zero-order valence-corrected chi connectivity index (χ0v) is 7.52. The molecule has 0 aromatic carbocycles. The lowest BCUT2D eigenvalue weighted by Crippen LogP contribution is -2.34. The average molecular weight is 210 g/mol. The van der Waals surface area contributed by atoms with Crippen molar-refractivity contribution in [2.24, 2.45) is 0 Å². The Morgan fingerprint density at radius 2 is 2.40 bits per heavy atom. The Labute approximate surface area is 68.9 Å². The molecule has 0 aliphatic heterocycles. The van der Waals surface area contributed by atoms with E-state index in [0.717, 1.165) is 18.3 Å². The van der Waals surface area contributed by atoms with Gasteiger partial charge in [-0.25, -0.2) is 0 Å². The van der Waals surface area contributed by atoms with Crippen molar-refractivity contribution in [1.29, 1.82) is 0 Å². The van der Waals surface area contributed by atoms with Crippen LogP contribution in [-0.2, 0) is 4.79 Å². The molecule has 4 heteroatoms. The molecule has 3 nitrogen and oxygen atoms in total. The highest BCUT2D eigenvalue weighted by molar-refractivity contribution is 9.09. The molecule has 0 amide bonds. The fourth-order valence-corrected chi connectivity index (χ4v) is 0.753. The lowest BCUT2D eigenvalue weighted by atomic mass is 10.3. The van der Waals surface area contributed by atoms with Crippen LogP contribution in [0.1, 0.15) is 13.3 Å². The van der Waals surface area contributed by atoms with Crippen molar-refractivity contribution in [3.63, 3.8) is 0 Å². The number of hydrogen-bond acceptors (Lipinski definition) is 2. The van der Waals surface area contributed by atoms with Gasteiger partial charge in [0.1, 0.15) is 6.04 Å². The van der Waals surface area contributed by atoms with E-state index in [9.17, 15) is 4.79 Å². The second-order valence-electron chi connectivity index (χ2n) is 2.06. The van der Waals surface area contributed by atoms with Crippen LogP contribution in [0.3, 0.4) is 0 Å². The van der Waals surface area contributed by atoms with Gasteiger partial charge in [-0.1, -0.05) is 15.9 Å². The van der Waals surface area contributed by atoms with Crippen molar-refractivity contribution in [2.75, 3.05) is 11.9 Å². The molecule has 0 aromatic rings. The van der Waals surface area contributed by atoms with Gasteiger partial charge in [-0.3, -0.25) is 4.79 Å². The second kappa shape index (κ2) is 5.68. The average Bonchev–Trinajstić information content (AvgIpc) is 1.88. The van der Waals surface area contributed by atoms with Crippen molar-refractivity contribution < 1.29 is 9.90 Å². The number of rotatable bonds is 5. The molecule has 0 saturated carbocycles. The monoisotopic (exact) mass is 209 g/mol. The molecule has 0 spiro atoms. The van der Waals surface area contributed by atoms with E-state index in [0.29, 0.717) is 0 Å². The van der Waals surface area contributed by atoms with Crippen molar-refractivity contribution >= 4 is 21.9 Å². The lowest BCUT2D eigenvalue weighted by Gasteiger charge is -2.06. The summed E-state index contributed by atoms with van der Waals surface area (Å²) >= 11 is 3.25. The Morgan fingerprint density at radius 1 is 1.80 bits per heavy atom. The Morgan fingerprint density at radius 3 is 2.80 bits per heavy atom. The summed E-state index contributed by atoms with van der Waals surface area (Å²) in [5, 5.41) is 12.2. The van der Waals surface area contributed by atoms with E-state index in [2.05, 4.69) is 21.2 Å². The highest BCUT2D eigenvalue weighted by Crippen LogP contribution is 1.86. The van der Waals surface area contributed by atoms with Gasteiger partial charge in [0.2, 0.25) is 0 Å². The molecule has 0 fully saturated rings. The maximum absolute atomic E-state index is 10.2. The number of carbonyl (C=O) groups is 1. The first-order chi connectivity index (χ1) is 4.68. The van der Waals surface area contributed by atoms with Crippen molar-refractivity contribution in [3.8, 4) is 0 Å². The van der Waals surface area contributed by atoms with Crippen molar-refractivity contribution in [1.82, 2.24) is 5.32 Å². The van der Waals surface area contributed by atoms with Gasteiger partial charge in [-0.2, -0.15) is 0 Å². The molecule has 0 saturated heterocycles. The van der Waals surface area contributed by atoms with Crippen LogP contribution in [0.15, 0.2) is 0 Å². The fourth-order valence-electron chi connectivity index (χ4n) is 0.473. The minimum absolute atomic E-state index is 0.431. The van der Waals surface area contributed by atoms with Gasteiger partial charge in [-0.15, -0.1) is 0 Å². The quantitative estimate of drug-likeness (QED) is 0.522. The molecule has 60 valence electrons. The normalized spacial score (nSPS) is 13.0. The minimum Gasteiger partial charge on any atom is -0.480 e. The third kappa shape index (κ3) is 4.76. The van der Waals surface area contributed by atoms with Crippen LogP contribution in [0.2, 0.25) is 0 Å². The lowest BCUT2D eigenvalue weighted by molar-refractivity contribution is -0.138. The summed E-state index contributed by atoms with van der Waals surface area (Å²) in [5.41, 5.74) is 0. The third-order valence-corrected chi connectivity index (χ3v) is 1.69. The molecule has 0 aromatic heterocycles. The van der Waals surface area contributed by atoms with E-state index < -0.39 is 12.0 Å². The highest BCUT2D eigenvalue weighted by Gasteiger charge is 2.07. The number of halogens is 1. The molecule has 2 N–H and O–H groups in total. The molecule has 1 atom stereocenters. The molecule has 0 aliphatic carbocycles. The predicted octanol–water partition coefficient (Wildman–Crippen LogP) is 0.834. The maximum Gasteiger partial charge on any atom is 0.320 e. The van der Waals surface area contributed by atoms with Crippen LogP contribution in [0.5, 0.6) is 0 Å². The predicted molar refractivity (Wildman–Crippen MR) is 43.5 cm³/mol. The molecule has 1 unspecified atom stereocenters. The number of carboxylic acid groups (broad SMARTS) is 1. The Balaban J connectivity index is 3.21. The molecule has 0 aliphatic rings. The standard InChI is InChI=1S/C6H12BrNO2/c1-5(6(9)10)8-4-2-3-7/h5,8H,2-4H2,1H3,(H,9,10). The van der Waals surface area contributed by atoms with Crippen LogP contribution in [-0.4, -0.2) is 29.0 Å². The summed E-state index contributed by atoms with van der Waals surface area (Å²) < 4.78 is 0. The summed E-state index contributed by atoms with van der Waals surface area (Å²) in [6.45, 7) is 2.38. The zero-order chi connectivity index (χ0) is 7.98. The van der Waals surface area contributed by atoms with E-state index in [-0.39, 0.29) is 0 Å². The Bertz CT molecular complexity index is 108. The highest BCUT2D eigenvalue weighted by atomic mass is 79.9. The van der Waals surface area contributed by atoms with Crippen LogP contribution in [0.4, 0.5) is 0 Å². The van der Waals surface area contributed by atoms with Gasteiger partial charge in [-0.05, 0) is 19.9 Å². The first-order valence-corrected chi connectivity index (χ1v) is 4.32. The summed E-state index contributed by atoms with van der Waals surface area (Å²) in [6, 6.07) is -0.431. The van der Waals surface area contributed by atoms with E-state index >= 15 is 0 Å². The molecule has 10 heavy (non-hydrogen) atoms. The third-order valence-electron chi connectivity index (χ3n) is 1.13. The van der Waals surface area contributed by atoms with Gasteiger partial charge in [0.25, 0.3) is 0 Å². The zero-order valence-electron chi connectivity index (χ0n) is 5.93. The van der Waals surface area contributed by atoms with Crippen molar-refractivity contribution in [3.05, 3.63) is 0 Å². The summed E-state index contributed by atoms with van der Waals surface area (Å²) in [5.74, 6) is -0.797. The molecule has 0 heterocycles. The molecular weight excluding hydrogens is 198 g/mol. The number of aliphatic carboxylic acids is 1. The topological polar surface area (TPSA) is 49.3 Å².